The zero-order valence-electron chi connectivity index (χ0n) is 22.4. The number of hydrogen-bond donors (Lipinski definition) is 3. The van der Waals surface area contributed by atoms with Crippen LogP contribution in [0.4, 0.5) is 11.5 Å². The molecular formula is C29H36N8O. The lowest BCUT2D eigenvalue weighted by Crippen LogP contribution is -2.32. The van der Waals surface area contributed by atoms with Gasteiger partial charge in [-0.1, -0.05) is 13.0 Å². The van der Waals surface area contributed by atoms with E-state index in [9.17, 15) is 4.79 Å². The highest BCUT2D eigenvalue weighted by atomic mass is 16.1. The van der Waals surface area contributed by atoms with Crippen molar-refractivity contribution in [2.45, 2.75) is 26.3 Å². The van der Waals surface area contributed by atoms with Crippen LogP contribution in [-0.4, -0.2) is 76.1 Å². The highest BCUT2D eigenvalue weighted by Crippen LogP contribution is 2.27. The summed E-state index contributed by atoms with van der Waals surface area (Å²) < 4.78 is 0. The number of aromatic nitrogens is 4. The molecule has 0 radical (unpaired) electrons. The van der Waals surface area contributed by atoms with Crippen LogP contribution in [0.5, 0.6) is 0 Å². The summed E-state index contributed by atoms with van der Waals surface area (Å²) in [6.07, 6.45) is 7.98. The number of anilines is 2. The average molecular weight is 513 g/mol. The van der Waals surface area contributed by atoms with E-state index < -0.39 is 0 Å². The number of amides is 1. The molecule has 0 unspecified atom stereocenters. The Bertz CT molecular complexity index is 1370. The van der Waals surface area contributed by atoms with Gasteiger partial charge in [0.2, 0.25) is 0 Å². The van der Waals surface area contributed by atoms with Crippen LogP contribution in [0.2, 0.25) is 0 Å². The summed E-state index contributed by atoms with van der Waals surface area (Å²) in [4.78, 5) is 26.6. The Morgan fingerprint density at radius 1 is 1.08 bits per heavy atom. The number of benzene rings is 1. The van der Waals surface area contributed by atoms with Gasteiger partial charge in [0.25, 0.3) is 5.91 Å². The minimum atomic E-state index is -0.283. The predicted molar refractivity (Wildman–Crippen MR) is 152 cm³/mol. The molecule has 0 spiro atoms. The van der Waals surface area contributed by atoms with E-state index in [1.54, 1.807) is 6.20 Å². The van der Waals surface area contributed by atoms with Gasteiger partial charge in [-0.3, -0.25) is 19.8 Å². The molecule has 0 atom stereocenters. The second-order valence-electron chi connectivity index (χ2n) is 10.5. The van der Waals surface area contributed by atoms with Gasteiger partial charge in [0.05, 0.1) is 17.4 Å². The van der Waals surface area contributed by atoms with Gasteiger partial charge in [-0.15, -0.1) is 0 Å². The molecule has 1 aromatic carbocycles. The third kappa shape index (κ3) is 6.35. The summed E-state index contributed by atoms with van der Waals surface area (Å²) in [5.74, 6) is 1.30. The van der Waals surface area contributed by atoms with E-state index in [1.807, 2.05) is 56.8 Å². The number of likely N-dealkylation sites (N-methyl/N-ethyl adjacent to an activating group) is 1. The molecule has 1 fully saturated rings. The summed E-state index contributed by atoms with van der Waals surface area (Å²) in [5.41, 5.74) is 5.01. The van der Waals surface area contributed by atoms with Crippen molar-refractivity contribution >= 4 is 28.3 Å². The maximum atomic E-state index is 13.1. The molecule has 3 N–H and O–H groups in total. The van der Waals surface area contributed by atoms with Crippen LogP contribution in [-0.2, 0) is 6.54 Å². The zero-order chi connectivity index (χ0) is 26.5. The first-order valence-electron chi connectivity index (χ1n) is 13.3. The Balaban J connectivity index is 1.28. The van der Waals surface area contributed by atoms with Crippen molar-refractivity contribution in [3.05, 3.63) is 66.2 Å². The van der Waals surface area contributed by atoms with Crippen LogP contribution in [0, 0.1) is 5.92 Å². The van der Waals surface area contributed by atoms with Crippen LogP contribution in [0.1, 0.15) is 35.8 Å². The summed E-state index contributed by atoms with van der Waals surface area (Å²) in [5, 5.41) is 14.2. The molecule has 0 saturated carbocycles. The number of piperidine rings is 1. The van der Waals surface area contributed by atoms with Crippen molar-refractivity contribution in [2.24, 2.45) is 5.92 Å². The molecule has 5 rings (SSSR count). The van der Waals surface area contributed by atoms with Crippen LogP contribution in [0.25, 0.3) is 22.0 Å². The van der Waals surface area contributed by atoms with Gasteiger partial charge >= 0.3 is 0 Å². The Labute approximate surface area is 223 Å². The Hall–Kier alpha value is -3.82. The van der Waals surface area contributed by atoms with Crippen LogP contribution < -0.4 is 10.6 Å². The molecule has 0 bridgehead atoms. The summed E-state index contributed by atoms with van der Waals surface area (Å²) in [6.45, 7) is 7.22. The molecule has 9 heteroatoms. The highest BCUT2D eigenvalue weighted by molar-refractivity contribution is 6.11. The minimum absolute atomic E-state index is 0.283. The maximum absolute atomic E-state index is 13.1. The third-order valence-electron chi connectivity index (χ3n) is 7.08. The van der Waals surface area contributed by atoms with E-state index in [0.29, 0.717) is 11.4 Å². The van der Waals surface area contributed by atoms with E-state index in [4.69, 9.17) is 0 Å². The van der Waals surface area contributed by atoms with E-state index in [0.717, 1.165) is 66.5 Å². The van der Waals surface area contributed by atoms with Crippen LogP contribution >= 0.6 is 0 Å². The van der Waals surface area contributed by atoms with Crippen LogP contribution in [0.3, 0.4) is 0 Å². The van der Waals surface area contributed by atoms with Crippen molar-refractivity contribution in [3.8, 4) is 11.1 Å². The van der Waals surface area contributed by atoms with Gasteiger partial charge in [-0.25, -0.2) is 4.98 Å². The normalized spacial score (nSPS) is 14.7. The fourth-order valence-electron chi connectivity index (χ4n) is 4.75. The number of pyridine rings is 2. The first-order valence-corrected chi connectivity index (χ1v) is 13.3. The Kier molecular flexibility index (Phi) is 7.95. The van der Waals surface area contributed by atoms with Gasteiger partial charge < -0.3 is 15.5 Å². The van der Waals surface area contributed by atoms with E-state index in [1.165, 1.54) is 18.4 Å². The predicted octanol–water partition coefficient (Wildman–Crippen LogP) is 4.48. The molecule has 4 aromatic rings. The SMILES string of the molecule is CC1CCN(Cc2cncc(-c3ccc4[nH]nc(C(=O)Nc5ccc(NCCN(C)C)nc5)c4c3)c2)CC1. The number of aromatic amines is 1. The van der Waals surface area contributed by atoms with Gasteiger partial charge in [-0.2, -0.15) is 5.10 Å². The number of carbonyl (C=O) groups is 1. The number of nitrogens with zero attached hydrogens (tertiary/aromatic N) is 5. The maximum Gasteiger partial charge on any atom is 0.276 e. The van der Waals surface area contributed by atoms with E-state index >= 15 is 0 Å². The second kappa shape index (κ2) is 11.7. The molecule has 3 aromatic heterocycles. The monoisotopic (exact) mass is 512 g/mol. The molecule has 38 heavy (non-hydrogen) atoms. The number of nitrogens with one attached hydrogen (secondary N) is 3. The largest absolute Gasteiger partial charge is 0.369 e. The Morgan fingerprint density at radius 2 is 1.92 bits per heavy atom. The highest BCUT2D eigenvalue weighted by Gasteiger charge is 2.18. The molecule has 1 aliphatic heterocycles. The van der Waals surface area contributed by atoms with Crippen molar-refractivity contribution < 1.29 is 4.79 Å². The number of likely N-dealkylation sites (tertiary alicyclic amines) is 1. The van der Waals surface area contributed by atoms with Gasteiger partial charge in [0.15, 0.2) is 5.69 Å². The first-order chi connectivity index (χ1) is 18.4. The van der Waals surface area contributed by atoms with Crippen molar-refractivity contribution in [3.63, 3.8) is 0 Å². The molecule has 198 valence electrons. The number of fused-ring (bicyclic) bond motifs is 1. The lowest BCUT2D eigenvalue weighted by molar-refractivity contribution is 0.102. The summed E-state index contributed by atoms with van der Waals surface area (Å²) in [6, 6.07) is 11.9. The van der Waals surface area contributed by atoms with E-state index in [2.05, 4.69) is 53.6 Å². The van der Waals surface area contributed by atoms with Crippen molar-refractivity contribution in [2.75, 3.05) is 50.9 Å². The Morgan fingerprint density at radius 3 is 2.68 bits per heavy atom. The minimum Gasteiger partial charge on any atom is -0.369 e. The molecule has 9 nitrogen and oxygen atoms in total. The summed E-state index contributed by atoms with van der Waals surface area (Å²) >= 11 is 0. The standard InChI is InChI=1S/C29H36N8O/c1-20-8-11-37(12-9-20)19-21-14-23(17-30-16-21)22-4-6-26-25(15-22)28(35-34-26)29(38)33-24-5-7-27(32-18-24)31-10-13-36(2)3/h4-7,14-18,20H,8-13,19H2,1-3H3,(H,31,32)(H,33,38)(H,34,35). The molecule has 1 amide bonds. The molecule has 0 aliphatic carbocycles. The summed E-state index contributed by atoms with van der Waals surface area (Å²) in [7, 11) is 4.06. The second-order valence-corrected chi connectivity index (χ2v) is 10.5. The van der Waals surface area contributed by atoms with Gasteiger partial charge in [0, 0.05) is 43.0 Å². The van der Waals surface area contributed by atoms with Crippen molar-refractivity contribution in [1.29, 1.82) is 0 Å². The number of rotatable bonds is 9. The lowest BCUT2D eigenvalue weighted by Gasteiger charge is -2.30. The molecule has 4 heterocycles. The van der Waals surface area contributed by atoms with Gasteiger partial charge in [0.1, 0.15) is 5.82 Å². The average Bonchev–Trinajstić information content (AvgIpc) is 3.35. The lowest BCUT2D eigenvalue weighted by atomic mass is 9.98. The number of hydrogen-bond acceptors (Lipinski definition) is 7. The topological polar surface area (TPSA) is 102 Å². The fourth-order valence-corrected chi connectivity index (χ4v) is 4.75. The smallest absolute Gasteiger partial charge is 0.276 e. The van der Waals surface area contributed by atoms with Crippen LogP contribution in [0.15, 0.2) is 55.0 Å². The quantitative estimate of drug-likeness (QED) is 0.304. The molecule has 1 aliphatic rings. The van der Waals surface area contributed by atoms with Gasteiger partial charge in [-0.05, 0) is 87.4 Å². The fraction of sp³-hybridized carbons (Fsp3) is 0.379. The third-order valence-corrected chi connectivity index (χ3v) is 7.08. The number of carbonyl (C=O) groups excluding carboxylic acids is 1. The van der Waals surface area contributed by atoms with Crippen molar-refractivity contribution in [1.82, 2.24) is 30.0 Å². The van der Waals surface area contributed by atoms with E-state index in [-0.39, 0.29) is 5.91 Å². The molecule has 1 saturated heterocycles. The zero-order valence-corrected chi connectivity index (χ0v) is 22.4. The number of H-pyrrole nitrogens is 1. The first kappa shape index (κ1) is 25.8. The molecular weight excluding hydrogens is 476 g/mol.